The molecule has 1 aliphatic heterocycles. The van der Waals surface area contributed by atoms with Crippen molar-refractivity contribution in [2.75, 3.05) is 7.11 Å². The number of hydrogen-bond acceptors (Lipinski definition) is 3. The highest BCUT2D eigenvalue weighted by atomic mass is 16.6. The molecule has 0 fully saturated rings. The summed E-state index contributed by atoms with van der Waals surface area (Å²) in [6.07, 6.45) is 1.11. The van der Waals surface area contributed by atoms with E-state index < -0.39 is 0 Å². The third-order valence-corrected chi connectivity index (χ3v) is 4.15. The minimum Gasteiger partial charge on any atom is -0.497 e. The van der Waals surface area contributed by atoms with Gasteiger partial charge in [-0.3, -0.25) is 0 Å². The topological polar surface area (TPSA) is 30.8 Å². The van der Waals surface area contributed by atoms with Crippen molar-refractivity contribution >= 4 is 5.71 Å². The molecule has 0 spiro atoms. The lowest BCUT2D eigenvalue weighted by Crippen LogP contribution is -2.17. The average Bonchev–Trinajstić information content (AvgIpc) is 3.06. The Morgan fingerprint density at radius 1 is 1.10 bits per heavy atom. The second kappa shape index (κ2) is 4.37. The maximum absolute atomic E-state index is 5.64. The Bertz CT molecular complexity index is 676. The molecule has 0 saturated heterocycles. The number of ether oxygens (including phenoxy) is 1. The van der Waals surface area contributed by atoms with Crippen LogP contribution in [0.15, 0.2) is 53.7 Å². The summed E-state index contributed by atoms with van der Waals surface area (Å²) in [5.41, 5.74) is 4.87. The number of methoxy groups -OCH3 is 1. The first kappa shape index (κ1) is 11.5. The van der Waals surface area contributed by atoms with Crippen LogP contribution in [-0.2, 0) is 11.3 Å². The summed E-state index contributed by atoms with van der Waals surface area (Å²) >= 11 is 0. The number of rotatable bonds is 2. The highest BCUT2D eigenvalue weighted by Gasteiger charge is 2.42. The van der Waals surface area contributed by atoms with Gasteiger partial charge in [0.25, 0.3) is 0 Å². The molecule has 20 heavy (non-hydrogen) atoms. The van der Waals surface area contributed by atoms with Crippen LogP contribution in [0.2, 0.25) is 0 Å². The third kappa shape index (κ3) is 1.63. The van der Waals surface area contributed by atoms with Crippen molar-refractivity contribution in [3.05, 3.63) is 65.2 Å². The van der Waals surface area contributed by atoms with E-state index >= 15 is 0 Å². The van der Waals surface area contributed by atoms with E-state index in [1.165, 1.54) is 11.1 Å². The van der Waals surface area contributed by atoms with Gasteiger partial charge in [0, 0.05) is 12.0 Å². The minimum atomic E-state index is 0.157. The van der Waals surface area contributed by atoms with Crippen LogP contribution < -0.4 is 4.74 Å². The Labute approximate surface area is 117 Å². The van der Waals surface area contributed by atoms with E-state index in [0.29, 0.717) is 0 Å². The van der Waals surface area contributed by atoms with Crippen LogP contribution in [0.25, 0.3) is 0 Å². The zero-order chi connectivity index (χ0) is 13.5. The molecule has 4 rings (SSSR count). The molecule has 0 aromatic heterocycles. The second-order valence-corrected chi connectivity index (χ2v) is 5.23. The molecule has 3 nitrogen and oxygen atoms in total. The van der Waals surface area contributed by atoms with Crippen molar-refractivity contribution < 1.29 is 9.57 Å². The quantitative estimate of drug-likeness (QED) is 0.835. The van der Waals surface area contributed by atoms with E-state index in [0.717, 1.165) is 23.4 Å². The number of nitrogens with zero attached hydrogens (tertiary/aromatic N) is 1. The van der Waals surface area contributed by atoms with Crippen molar-refractivity contribution in [3.8, 4) is 5.75 Å². The van der Waals surface area contributed by atoms with E-state index in [1.807, 2.05) is 24.3 Å². The molecule has 1 aliphatic carbocycles. The van der Waals surface area contributed by atoms with Crippen LogP contribution in [-0.4, -0.2) is 18.9 Å². The van der Waals surface area contributed by atoms with Crippen LogP contribution >= 0.6 is 0 Å². The first-order valence-corrected chi connectivity index (χ1v) is 6.83. The Morgan fingerprint density at radius 3 is 2.70 bits per heavy atom. The molecule has 2 aromatic carbocycles. The number of benzene rings is 2. The van der Waals surface area contributed by atoms with Gasteiger partial charge < -0.3 is 9.57 Å². The normalized spacial score (nSPS) is 22.8. The van der Waals surface area contributed by atoms with Crippen LogP contribution in [0.5, 0.6) is 5.75 Å². The fourth-order valence-corrected chi connectivity index (χ4v) is 3.16. The predicted molar refractivity (Wildman–Crippen MR) is 77.3 cm³/mol. The lowest BCUT2D eigenvalue weighted by atomic mass is 9.90. The Hall–Kier alpha value is -2.29. The standard InChI is InChI=1S/C17H15NO2/c1-19-13-8-6-11(7-9-13)17-16-14-5-3-2-4-12(14)10-15(16)20-18-17/h2-9,15-16H,10H2,1H3/t15-,16+/m1/s1. The molecule has 100 valence electrons. The molecule has 3 heteroatoms. The molecule has 0 N–H and O–H groups in total. The fourth-order valence-electron chi connectivity index (χ4n) is 3.16. The zero-order valence-electron chi connectivity index (χ0n) is 11.2. The Balaban J connectivity index is 1.73. The molecule has 0 bridgehead atoms. The summed E-state index contributed by atoms with van der Waals surface area (Å²) in [6.45, 7) is 0. The van der Waals surface area contributed by atoms with Gasteiger partial charge in [0.05, 0.1) is 18.7 Å². The Kier molecular flexibility index (Phi) is 2.52. The molecule has 0 amide bonds. The highest BCUT2D eigenvalue weighted by Crippen LogP contribution is 2.41. The SMILES string of the molecule is COc1ccc(C2=NO[C@@H]3Cc4ccccc4[C@H]23)cc1. The number of fused-ring (bicyclic) bond motifs is 3. The average molecular weight is 265 g/mol. The van der Waals surface area contributed by atoms with Gasteiger partial charge in [-0.1, -0.05) is 29.4 Å². The lowest BCUT2D eigenvalue weighted by molar-refractivity contribution is 0.0839. The van der Waals surface area contributed by atoms with Crippen LogP contribution in [0, 0.1) is 0 Å². The molecular weight excluding hydrogens is 250 g/mol. The molecule has 1 heterocycles. The number of oxime groups is 1. The second-order valence-electron chi connectivity index (χ2n) is 5.23. The van der Waals surface area contributed by atoms with Gasteiger partial charge in [0.15, 0.2) is 0 Å². The lowest BCUT2D eigenvalue weighted by Gasteiger charge is -2.11. The third-order valence-electron chi connectivity index (χ3n) is 4.15. The maximum atomic E-state index is 5.64. The largest absolute Gasteiger partial charge is 0.497 e. The summed E-state index contributed by atoms with van der Waals surface area (Å²) in [5, 5.41) is 4.32. The molecule has 2 aliphatic rings. The molecule has 2 atom stereocenters. The van der Waals surface area contributed by atoms with Crippen LogP contribution in [0.1, 0.15) is 22.6 Å². The smallest absolute Gasteiger partial charge is 0.144 e. The maximum Gasteiger partial charge on any atom is 0.144 e. The van der Waals surface area contributed by atoms with Gasteiger partial charge in [-0.2, -0.15) is 0 Å². The fraction of sp³-hybridized carbons (Fsp3) is 0.235. The van der Waals surface area contributed by atoms with Gasteiger partial charge in [-0.15, -0.1) is 0 Å². The summed E-state index contributed by atoms with van der Waals surface area (Å²) in [4.78, 5) is 5.64. The molecular formula is C17H15NO2. The van der Waals surface area contributed by atoms with Crippen LogP contribution in [0.3, 0.4) is 0 Å². The summed E-state index contributed by atoms with van der Waals surface area (Å²) in [7, 11) is 1.68. The first-order valence-electron chi connectivity index (χ1n) is 6.83. The van der Waals surface area contributed by atoms with Crippen molar-refractivity contribution in [2.24, 2.45) is 5.16 Å². The van der Waals surface area contributed by atoms with E-state index in [-0.39, 0.29) is 12.0 Å². The van der Waals surface area contributed by atoms with Crippen molar-refractivity contribution in [3.63, 3.8) is 0 Å². The summed E-state index contributed by atoms with van der Waals surface area (Å²) < 4.78 is 5.20. The summed E-state index contributed by atoms with van der Waals surface area (Å²) in [6, 6.07) is 16.6. The van der Waals surface area contributed by atoms with Gasteiger partial charge in [0.2, 0.25) is 0 Å². The number of hydrogen-bond donors (Lipinski definition) is 0. The Morgan fingerprint density at radius 2 is 1.90 bits per heavy atom. The highest BCUT2D eigenvalue weighted by molar-refractivity contribution is 6.06. The zero-order valence-corrected chi connectivity index (χ0v) is 11.2. The van der Waals surface area contributed by atoms with E-state index in [9.17, 15) is 0 Å². The van der Waals surface area contributed by atoms with Crippen LogP contribution in [0.4, 0.5) is 0 Å². The van der Waals surface area contributed by atoms with Crippen molar-refractivity contribution in [2.45, 2.75) is 18.4 Å². The van der Waals surface area contributed by atoms with E-state index in [2.05, 4.69) is 29.4 Å². The summed E-state index contributed by atoms with van der Waals surface area (Å²) in [5.74, 6) is 1.12. The van der Waals surface area contributed by atoms with Gasteiger partial charge >= 0.3 is 0 Å². The molecule has 2 aromatic rings. The van der Waals surface area contributed by atoms with Gasteiger partial charge in [0.1, 0.15) is 11.9 Å². The van der Waals surface area contributed by atoms with Crippen molar-refractivity contribution in [1.82, 2.24) is 0 Å². The monoisotopic (exact) mass is 265 g/mol. The molecule has 0 unspecified atom stereocenters. The minimum absolute atomic E-state index is 0.157. The molecule has 0 radical (unpaired) electrons. The predicted octanol–water partition coefficient (Wildman–Crippen LogP) is 3.14. The van der Waals surface area contributed by atoms with E-state index in [4.69, 9.17) is 9.57 Å². The van der Waals surface area contributed by atoms with Crippen molar-refractivity contribution in [1.29, 1.82) is 0 Å². The van der Waals surface area contributed by atoms with Gasteiger partial charge in [-0.25, -0.2) is 0 Å². The van der Waals surface area contributed by atoms with E-state index in [1.54, 1.807) is 7.11 Å². The molecule has 0 saturated carbocycles. The van der Waals surface area contributed by atoms with Gasteiger partial charge in [-0.05, 0) is 35.4 Å². The first-order chi connectivity index (χ1) is 9.86.